The van der Waals surface area contributed by atoms with E-state index < -0.39 is 0 Å². The Balaban J connectivity index is 1.84. The van der Waals surface area contributed by atoms with Crippen molar-refractivity contribution in [3.05, 3.63) is 18.0 Å². The summed E-state index contributed by atoms with van der Waals surface area (Å²) in [5.74, 6) is 0.458. The molecular weight excluding hydrogens is 202 g/mol. The normalized spacial score (nSPS) is 16.6. The number of carbonyl (C=O) groups excluding carboxylic acids is 1. The number of aromatic nitrogens is 2. The summed E-state index contributed by atoms with van der Waals surface area (Å²) in [4.78, 5) is 11.8. The van der Waals surface area contributed by atoms with Crippen LogP contribution in [0.1, 0.15) is 38.3 Å². The molecule has 4 nitrogen and oxygen atoms in total. The molecule has 1 saturated carbocycles. The summed E-state index contributed by atoms with van der Waals surface area (Å²) < 4.78 is 1.91. The highest BCUT2D eigenvalue weighted by Crippen LogP contribution is 2.24. The number of amides is 1. The maximum Gasteiger partial charge on any atom is 0.223 e. The van der Waals surface area contributed by atoms with Crippen LogP contribution in [0.25, 0.3) is 0 Å². The quantitative estimate of drug-likeness (QED) is 0.841. The van der Waals surface area contributed by atoms with E-state index in [0.29, 0.717) is 6.54 Å². The van der Waals surface area contributed by atoms with Gasteiger partial charge in [-0.1, -0.05) is 12.8 Å². The van der Waals surface area contributed by atoms with Crippen molar-refractivity contribution in [3.8, 4) is 0 Å². The Bertz CT molecular complexity index is 353. The van der Waals surface area contributed by atoms with E-state index in [-0.39, 0.29) is 11.8 Å². The van der Waals surface area contributed by atoms with Gasteiger partial charge in [0.1, 0.15) is 0 Å². The topological polar surface area (TPSA) is 46.9 Å². The van der Waals surface area contributed by atoms with Crippen LogP contribution in [-0.2, 0) is 17.9 Å². The van der Waals surface area contributed by atoms with Crippen molar-refractivity contribution in [1.29, 1.82) is 0 Å². The second-order valence-corrected chi connectivity index (χ2v) is 4.34. The van der Waals surface area contributed by atoms with Crippen molar-refractivity contribution in [1.82, 2.24) is 15.1 Å². The summed E-state index contributed by atoms with van der Waals surface area (Å²) in [7, 11) is 0. The van der Waals surface area contributed by atoms with Crippen molar-refractivity contribution in [2.24, 2.45) is 5.92 Å². The summed E-state index contributed by atoms with van der Waals surface area (Å²) >= 11 is 0. The number of hydrogen-bond donors (Lipinski definition) is 1. The first-order chi connectivity index (χ1) is 7.81. The lowest BCUT2D eigenvalue weighted by molar-refractivity contribution is -0.125. The standard InChI is InChI=1S/C12H19N3O/c1-2-15-11(7-8-14-15)9-13-12(16)10-5-3-4-6-10/h7-8,10H,2-6,9H2,1H3,(H,13,16). The van der Waals surface area contributed by atoms with Gasteiger partial charge in [0, 0.05) is 18.7 Å². The lowest BCUT2D eigenvalue weighted by atomic mass is 10.1. The number of nitrogens with zero attached hydrogens (tertiary/aromatic N) is 2. The fraction of sp³-hybridized carbons (Fsp3) is 0.667. The Labute approximate surface area is 96.0 Å². The molecule has 1 aromatic rings. The molecule has 0 unspecified atom stereocenters. The summed E-state index contributed by atoms with van der Waals surface area (Å²) in [5, 5.41) is 7.18. The number of rotatable bonds is 4. The Kier molecular flexibility index (Phi) is 3.59. The van der Waals surface area contributed by atoms with Crippen molar-refractivity contribution >= 4 is 5.91 Å². The van der Waals surface area contributed by atoms with E-state index in [1.807, 2.05) is 10.7 Å². The van der Waals surface area contributed by atoms with Crippen LogP contribution in [0, 0.1) is 5.92 Å². The zero-order valence-electron chi connectivity index (χ0n) is 9.78. The third-order valence-corrected chi connectivity index (χ3v) is 3.27. The minimum Gasteiger partial charge on any atom is -0.350 e. The van der Waals surface area contributed by atoms with Crippen LogP contribution in [0.2, 0.25) is 0 Å². The summed E-state index contributed by atoms with van der Waals surface area (Å²) in [5.41, 5.74) is 1.08. The molecule has 1 heterocycles. The van der Waals surface area contributed by atoms with Crippen molar-refractivity contribution in [2.45, 2.75) is 45.7 Å². The van der Waals surface area contributed by atoms with E-state index in [0.717, 1.165) is 25.1 Å². The van der Waals surface area contributed by atoms with Crippen LogP contribution in [0.15, 0.2) is 12.3 Å². The second kappa shape index (κ2) is 5.14. The summed E-state index contributed by atoms with van der Waals surface area (Å²) in [6.45, 7) is 3.50. The zero-order chi connectivity index (χ0) is 11.4. The van der Waals surface area contributed by atoms with E-state index in [1.54, 1.807) is 6.20 Å². The van der Waals surface area contributed by atoms with Gasteiger partial charge >= 0.3 is 0 Å². The Morgan fingerprint density at radius 1 is 1.56 bits per heavy atom. The first kappa shape index (κ1) is 11.2. The van der Waals surface area contributed by atoms with Gasteiger partial charge in [-0.2, -0.15) is 5.10 Å². The molecule has 1 N–H and O–H groups in total. The summed E-state index contributed by atoms with van der Waals surface area (Å²) in [6.07, 6.45) is 6.29. The molecule has 16 heavy (non-hydrogen) atoms. The second-order valence-electron chi connectivity index (χ2n) is 4.34. The van der Waals surface area contributed by atoms with Crippen LogP contribution in [0.3, 0.4) is 0 Å². The zero-order valence-corrected chi connectivity index (χ0v) is 9.78. The molecule has 4 heteroatoms. The molecule has 88 valence electrons. The lowest BCUT2D eigenvalue weighted by Gasteiger charge is -2.10. The molecule has 0 radical (unpaired) electrons. The van der Waals surface area contributed by atoms with Crippen LogP contribution >= 0.6 is 0 Å². The van der Waals surface area contributed by atoms with Gasteiger partial charge in [0.25, 0.3) is 0 Å². The van der Waals surface area contributed by atoms with E-state index >= 15 is 0 Å². The lowest BCUT2D eigenvalue weighted by Crippen LogP contribution is -2.29. The molecule has 0 bridgehead atoms. The predicted molar refractivity (Wildman–Crippen MR) is 61.7 cm³/mol. The van der Waals surface area contributed by atoms with Crippen molar-refractivity contribution in [2.75, 3.05) is 0 Å². The third kappa shape index (κ3) is 2.43. The van der Waals surface area contributed by atoms with E-state index in [1.165, 1.54) is 12.8 Å². The fourth-order valence-electron chi connectivity index (χ4n) is 2.30. The molecule has 1 amide bonds. The monoisotopic (exact) mass is 221 g/mol. The maximum atomic E-state index is 11.8. The average molecular weight is 221 g/mol. The van der Waals surface area contributed by atoms with Gasteiger partial charge < -0.3 is 5.32 Å². The molecule has 0 aliphatic heterocycles. The number of nitrogens with one attached hydrogen (secondary N) is 1. The van der Waals surface area contributed by atoms with Crippen LogP contribution in [0.5, 0.6) is 0 Å². The molecule has 1 fully saturated rings. The van der Waals surface area contributed by atoms with Gasteiger partial charge in [-0.3, -0.25) is 9.48 Å². The van der Waals surface area contributed by atoms with Gasteiger partial charge in [0.05, 0.1) is 12.2 Å². The molecule has 1 aliphatic rings. The molecular formula is C12H19N3O. The van der Waals surface area contributed by atoms with Crippen LogP contribution in [0.4, 0.5) is 0 Å². The fourth-order valence-corrected chi connectivity index (χ4v) is 2.30. The Morgan fingerprint density at radius 2 is 2.31 bits per heavy atom. The Morgan fingerprint density at radius 3 is 3.00 bits per heavy atom. The molecule has 0 atom stereocenters. The molecule has 1 aliphatic carbocycles. The first-order valence-corrected chi connectivity index (χ1v) is 6.09. The average Bonchev–Trinajstić information content (AvgIpc) is 2.96. The number of carbonyl (C=O) groups is 1. The highest BCUT2D eigenvalue weighted by molar-refractivity contribution is 5.78. The SMILES string of the molecule is CCn1nccc1CNC(=O)C1CCCC1. The van der Waals surface area contributed by atoms with Crippen LogP contribution < -0.4 is 5.32 Å². The van der Waals surface area contributed by atoms with Gasteiger partial charge in [-0.15, -0.1) is 0 Å². The van der Waals surface area contributed by atoms with E-state index in [4.69, 9.17) is 0 Å². The van der Waals surface area contributed by atoms with Gasteiger partial charge in [0.15, 0.2) is 0 Å². The third-order valence-electron chi connectivity index (χ3n) is 3.27. The smallest absolute Gasteiger partial charge is 0.223 e. The molecule has 0 aromatic carbocycles. The number of aryl methyl sites for hydroxylation is 1. The summed E-state index contributed by atoms with van der Waals surface area (Å²) in [6, 6.07) is 1.96. The highest BCUT2D eigenvalue weighted by Gasteiger charge is 2.22. The minimum absolute atomic E-state index is 0.210. The highest BCUT2D eigenvalue weighted by atomic mass is 16.1. The van der Waals surface area contributed by atoms with E-state index in [2.05, 4.69) is 17.3 Å². The first-order valence-electron chi connectivity index (χ1n) is 6.09. The van der Waals surface area contributed by atoms with Gasteiger partial charge in [-0.05, 0) is 25.8 Å². The number of hydrogen-bond acceptors (Lipinski definition) is 2. The molecule has 2 rings (SSSR count). The Hall–Kier alpha value is -1.32. The molecule has 0 spiro atoms. The van der Waals surface area contributed by atoms with Crippen molar-refractivity contribution in [3.63, 3.8) is 0 Å². The van der Waals surface area contributed by atoms with Gasteiger partial charge in [-0.25, -0.2) is 0 Å². The van der Waals surface area contributed by atoms with Crippen molar-refractivity contribution < 1.29 is 4.79 Å². The maximum absolute atomic E-state index is 11.8. The minimum atomic E-state index is 0.210. The van der Waals surface area contributed by atoms with Gasteiger partial charge in [0.2, 0.25) is 5.91 Å². The van der Waals surface area contributed by atoms with Crippen LogP contribution in [-0.4, -0.2) is 15.7 Å². The molecule has 1 aromatic heterocycles. The predicted octanol–water partition coefficient (Wildman–Crippen LogP) is 1.71. The van der Waals surface area contributed by atoms with E-state index in [9.17, 15) is 4.79 Å². The molecule has 0 saturated heterocycles. The largest absolute Gasteiger partial charge is 0.350 e.